The number of benzene rings is 2. The molecular weight excluding hydrogens is 422 g/mol. The van der Waals surface area contributed by atoms with Crippen LogP contribution in [0.5, 0.6) is 11.5 Å². The van der Waals surface area contributed by atoms with Crippen LogP contribution in [0.2, 0.25) is 0 Å². The van der Waals surface area contributed by atoms with E-state index in [-0.39, 0.29) is 29.9 Å². The number of ether oxygens (including phenoxy) is 3. The van der Waals surface area contributed by atoms with Gasteiger partial charge in [0.05, 0.1) is 24.3 Å². The monoisotopic (exact) mass is 455 g/mol. The van der Waals surface area contributed by atoms with Crippen molar-refractivity contribution in [3.8, 4) is 11.5 Å². The predicted octanol–water partition coefficient (Wildman–Crippen LogP) is 3.04. The van der Waals surface area contributed by atoms with Gasteiger partial charge in [0, 0.05) is 45.0 Å². The van der Waals surface area contributed by atoms with E-state index >= 15 is 0 Å². The quantitative estimate of drug-likeness (QED) is 0.737. The van der Waals surface area contributed by atoms with Gasteiger partial charge >= 0.3 is 0 Å². The van der Waals surface area contributed by atoms with Crippen LogP contribution in [0.15, 0.2) is 42.5 Å². The lowest BCUT2D eigenvalue weighted by atomic mass is 10.0. The van der Waals surface area contributed by atoms with Crippen LogP contribution in [0, 0.1) is 5.92 Å². The predicted molar refractivity (Wildman–Crippen MR) is 127 cm³/mol. The molecule has 2 N–H and O–H groups in total. The molecule has 0 saturated heterocycles. The number of amides is 2. The molecule has 2 amide bonds. The van der Waals surface area contributed by atoms with Crippen LogP contribution < -0.4 is 20.1 Å². The van der Waals surface area contributed by atoms with Crippen molar-refractivity contribution in [1.82, 2.24) is 10.2 Å². The van der Waals surface area contributed by atoms with Gasteiger partial charge in [-0.05, 0) is 37.1 Å². The lowest BCUT2D eigenvalue weighted by molar-refractivity contribution is 0.0281. The molecule has 33 heavy (non-hydrogen) atoms. The summed E-state index contributed by atoms with van der Waals surface area (Å²) in [5, 5.41) is 6.33. The number of hydrogen-bond donors (Lipinski definition) is 2. The number of carbonyl (C=O) groups excluding carboxylic acids is 2. The van der Waals surface area contributed by atoms with Crippen molar-refractivity contribution < 1.29 is 23.8 Å². The molecular formula is C25H33N3O5. The van der Waals surface area contributed by atoms with Gasteiger partial charge in [-0.3, -0.25) is 9.59 Å². The Hall–Kier alpha value is -3.10. The zero-order valence-electron chi connectivity index (χ0n) is 19.9. The molecule has 0 unspecified atom stereocenters. The molecule has 2 aromatic rings. The molecule has 178 valence electrons. The van der Waals surface area contributed by atoms with Crippen LogP contribution in [0.1, 0.15) is 34.6 Å². The molecule has 1 aliphatic heterocycles. The number of nitrogens with one attached hydrogen (secondary N) is 2. The first-order valence-corrected chi connectivity index (χ1v) is 11.1. The molecule has 0 bridgehead atoms. The summed E-state index contributed by atoms with van der Waals surface area (Å²) in [6, 6.07) is 12.1. The summed E-state index contributed by atoms with van der Waals surface area (Å²) in [4.78, 5) is 27.7. The zero-order valence-corrected chi connectivity index (χ0v) is 19.9. The molecule has 0 fully saturated rings. The maximum absolute atomic E-state index is 13.2. The minimum atomic E-state index is -0.309. The summed E-state index contributed by atoms with van der Waals surface area (Å²) in [6.45, 7) is 5.70. The molecule has 3 atom stereocenters. The SMILES string of the molecule is COc1ccccc1C(=O)Nc1ccc2c(c1)OC[C@@H](C)NC[C@H](C)[C@H](OC)CN(C)C2=O. The fourth-order valence-electron chi connectivity index (χ4n) is 3.76. The van der Waals surface area contributed by atoms with Crippen molar-refractivity contribution in [1.29, 1.82) is 0 Å². The molecule has 1 aliphatic rings. The molecule has 0 saturated carbocycles. The van der Waals surface area contributed by atoms with Crippen molar-refractivity contribution in [2.45, 2.75) is 26.0 Å². The second-order valence-corrected chi connectivity index (χ2v) is 8.42. The number of rotatable bonds is 4. The molecule has 8 nitrogen and oxygen atoms in total. The van der Waals surface area contributed by atoms with Crippen molar-refractivity contribution in [3.63, 3.8) is 0 Å². The van der Waals surface area contributed by atoms with E-state index in [1.54, 1.807) is 61.5 Å². The minimum absolute atomic E-state index is 0.0666. The van der Waals surface area contributed by atoms with E-state index in [1.807, 2.05) is 6.92 Å². The van der Waals surface area contributed by atoms with E-state index in [4.69, 9.17) is 14.2 Å². The summed E-state index contributed by atoms with van der Waals surface area (Å²) in [7, 11) is 4.94. The highest BCUT2D eigenvalue weighted by Crippen LogP contribution is 2.27. The second kappa shape index (κ2) is 11.2. The Morgan fingerprint density at radius 3 is 2.67 bits per heavy atom. The first kappa shape index (κ1) is 24.5. The van der Waals surface area contributed by atoms with Crippen molar-refractivity contribution in [2.75, 3.05) is 46.3 Å². The lowest BCUT2D eigenvalue weighted by Crippen LogP contribution is -2.44. The summed E-state index contributed by atoms with van der Waals surface area (Å²) < 4.78 is 17.0. The minimum Gasteiger partial charge on any atom is -0.496 e. The zero-order chi connectivity index (χ0) is 24.0. The van der Waals surface area contributed by atoms with Gasteiger partial charge in [0.2, 0.25) is 0 Å². The highest BCUT2D eigenvalue weighted by atomic mass is 16.5. The average molecular weight is 456 g/mol. The number of carbonyl (C=O) groups is 2. The number of hydrogen-bond acceptors (Lipinski definition) is 6. The largest absolute Gasteiger partial charge is 0.496 e. The maximum atomic E-state index is 13.2. The van der Waals surface area contributed by atoms with E-state index in [1.165, 1.54) is 7.11 Å². The molecule has 0 spiro atoms. The van der Waals surface area contributed by atoms with Crippen molar-refractivity contribution >= 4 is 17.5 Å². The van der Waals surface area contributed by atoms with Crippen LogP contribution in [-0.4, -0.2) is 69.8 Å². The number of anilines is 1. The third-order valence-corrected chi connectivity index (χ3v) is 5.84. The lowest BCUT2D eigenvalue weighted by Gasteiger charge is -2.30. The molecule has 1 heterocycles. The molecule has 8 heteroatoms. The Morgan fingerprint density at radius 1 is 1.18 bits per heavy atom. The molecule has 0 aliphatic carbocycles. The Balaban J connectivity index is 1.88. The van der Waals surface area contributed by atoms with E-state index in [2.05, 4.69) is 17.6 Å². The second-order valence-electron chi connectivity index (χ2n) is 8.42. The maximum Gasteiger partial charge on any atom is 0.259 e. The molecule has 0 radical (unpaired) electrons. The smallest absolute Gasteiger partial charge is 0.259 e. The number of fused-ring (bicyclic) bond motifs is 1. The van der Waals surface area contributed by atoms with Gasteiger partial charge in [0.25, 0.3) is 11.8 Å². The summed E-state index contributed by atoms with van der Waals surface area (Å²) >= 11 is 0. The summed E-state index contributed by atoms with van der Waals surface area (Å²) in [6.07, 6.45) is -0.0955. The molecule has 0 aromatic heterocycles. The highest BCUT2D eigenvalue weighted by molar-refractivity contribution is 6.06. The van der Waals surface area contributed by atoms with E-state index in [0.29, 0.717) is 41.5 Å². The normalized spacial score (nSPS) is 21.8. The third-order valence-electron chi connectivity index (χ3n) is 5.84. The number of methoxy groups -OCH3 is 2. The van der Waals surface area contributed by atoms with Gasteiger partial charge in [0.1, 0.15) is 18.1 Å². The first-order chi connectivity index (χ1) is 15.8. The first-order valence-electron chi connectivity index (χ1n) is 11.1. The van der Waals surface area contributed by atoms with Gasteiger partial charge in [-0.2, -0.15) is 0 Å². The molecule has 2 aromatic carbocycles. The number of nitrogens with zero attached hydrogens (tertiary/aromatic N) is 1. The van der Waals surface area contributed by atoms with Crippen molar-refractivity contribution in [3.05, 3.63) is 53.6 Å². The third kappa shape index (κ3) is 6.03. The fraction of sp³-hybridized carbons (Fsp3) is 0.440. The van der Waals surface area contributed by atoms with Gasteiger partial charge in [-0.25, -0.2) is 0 Å². The Kier molecular flexibility index (Phi) is 8.30. The topological polar surface area (TPSA) is 89.1 Å². The van der Waals surface area contributed by atoms with Gasteiger partial charge in [0.15, 0.2) is 0 Å². The van der Waals surface area contributed by atoms with Crippen LogP contribution in [-0.2, 0) is 4.74 Å². The Morgan fingerprint density at radius 2 is 1.94 bits per heavy atom. The van der Waals surface area contributed by atoms with E-state index in [9.17, 15) is 9.59 Å². The van der Waals surface area contributed by atoms with Gasteiger partial charge in [-0.1, -0.05) is 19.1 Å². The van der Waals surface area contributed by atoms with E-state index in [0.717, 1.165) is 6.54 Å². The molecule has 3 rings (SSSR count). The van der Waals surface area contributed by atoms with Crippen LogP contribution in [0.3, 0.4) is 0 Å². The standard InChI is InChI=1S/C25H33N3O5/c1-16-13-26-17(2)15-33-22-12-18(27-24(29)19-8-6-7-9-21(19)31-4)10-11-20(22)25(30)28(3)14-23(16)32-5/h6-12,16-17,23,26H,13-15H2,1-5H3,(H,27,29)/t16-,17+,23+/m0/s1. The fourth-order valence-corrected chi connectivity index (χ4v) is 3.76. The van der Waals surface area contributed by atoms with Crippen LogP contribution in [0.25, 0.3) is 0 Å². The number of para-hydroxylation sites is 1. The summed E-state index contributed by atoms with van der Waals surface area (Å²) in [5.41, 5.74) is 1.38. The Labute approximate surface area is 195 Å². The highest BCUT2D eigenvalue weighted by Gasteiger charge is 2.25. The van der Waals surface area contributed by atoms with Crippen LogP contribution >= 0.6 is 0 Å². The summed E-state index contributed by atoms with van der Waals surface area (Å²) in [5.74, 6) is 0.648. The van der Waals surface area contributed by atoms with E-state index < -0.39 is 0 Å². The Bertz CT molecular complexity index is 980. The average Bonchev–Trinajstić information content (AvgIpc) is 2.83. The van der Waals surface area contributed by atoms with Gasteiger partial charge in [-0.15, -0.1) is 0 Å². The van der Waals surface area contributed by atoms with Crippen molar-refractivity contribution in [2.24, 2.45) is 5.92 Å². The van der Waals surface area contributed by atoms with Crippen LogP contribution in [0.4, 0.5) is 5.69 Å². The number of likely N-dealkylation sites (N-methyl/N-ethyl adjacent to an activating group) is 1. The van der Waals surface area contributed by atoms with Gasteiger partial charge < -0.3 is 29.7 Å².